The van der Waals surface area contributed by atoms with Gasteiger partial charge in [0.05, 0.1) is 5.69 Å². The lowest BCUT2D eigenvalue weighted by Gasteiger charge is -2.14. The zero-order valence-corrected chi connectivity index (χ0v) is 13.8. The molecule has 0 unspecified atom stereocenters. The molecule has 6 heteroatoms. The highest BCUT2D eigenvalue weighted by Crippen LogP contribution is 2.10. The zero-order valence-electron chi connectivity index (χ0n) is 13.8. The van der Waals surface area contributed by atoms with Gasteiger partial charge in [-0.1, -0.05) is 30.3 Å². The van der Waals surface area contributed by atoms with Crippen LogP contribution in [0.5, 0.6) is 0 Å². The van der Waals surface area contributed by atoms with Crippen LogP contribution >= 0.6 is 0 Å². The molecule has 3 amide bonds. The molecule has 3 rings (SSSR count). The lowest BCUT2D eigenvalue weighted by Crippen LogP contribution is -2.36. The molecule has 6 nitrogen and oxygen atoms in total. The van der Waals surface area contributed by atoms with Crippen LogP contribution in [0.15, 0.2) is 59.6 Å². The van der Waals surface area contributed by atoms with E-state index in [-0.39, 0.29) is 11.9 Å². The van der Waals surface area contributed by atoms with E-state index in [0.29, 0.717) is 31.7 Å². The number of para-hydroxylation sites is 1. The summed E-state index contributed by atoms with van der Waals surface area (Å²) in [7, 11) is 0. The Kier molecular flexibility index (Phi) is 5.41. The summed E-state index contributed by atoms with van der Waals surface area (Å²) in [5.74, 6) is -0.147. The molecule has 2 aromatic carbocycles. The number of urea groups is 1. The van der Waals surface area contributed by atoms with Gasteiger partial charge in [0.15, 0.2) is 0 Å². The van der Waals surface area contributed by atoms with Gasteiger partial charge in [-0.3, -0.25) is 9.79 Å². The van der Waals surface area contributed by atoms with Crippen molar-refractivity contribution in [3.05, 3.63) is 65.7 Å². The van der Waals surface area contributed by atoms with E-state index in [1.165, 1.54) is 0 Å². The molecule has 1 fully saturated rings. The van der Waals surface area contributed by atoms with Gasteiger partial charge in [0.25, 0.3) is 5.91 Å². The maximum atomic E-state index is 12.1. The van der Waals surface area contributed by atoms with Gasteiger partial charge in [-0.2, -0.15) is 0 Å². The molecule has 0 atom stereocenters. The Morgan fingerprint density at radius 1 is 1.16 bits per heavy atom. The minimum absolute atomic E-state index is 0.0729. The van der Waals surface area contributed by atoms with E-state index in [0.717, 1.165) is 11.3 Å². The lowest BCUT2D eigenvalue weighted by atomic mass is 10.1. The van der Waals surface area contributed by atoms with Crippen molar-refractivity contribution in [1.29, 1.82) is 0 Å². The third-order valence-electron chi connectivity index (χ3n) is 3.90. The van der Waals surface area contributed by atoms with E-state index in [1.54, 1.807) is 23.2 Å². The predicted molar refractivity (Wildman–Crippen MR) is 97.4 cm³/mol. The molecule has 25 heavy (non-hydrogen) atoms. The fourth-order valence-electron chi connectivity index (χ4n) is 2.51. The highest BCUT2D eigenvalue weighted by Gasteiger charge is 2.18. The molecule has 0 spiro atoms. The number of nitrogens with zero attached hydrogens (tertiary/aromatic N) is 2. The van der Waals surface area contributed by atoms with Gasteiger partial charge < -0.3 is 15.5 Å². The number of hydrogen-bond acceptors (Lipinski definition) is 3. The molecule has 1 heterocycles. The topological polar surface area (TPSA) is 73.8 Å². The maximum Gasteiger partial charge on any atom is 0.317 e. The minimum Gasteiger partial charge on any atom is -0.350 e. The van der Waals surface area contributed by atoms with Crippen LogP contribution in [0.3, 0.4) is 0 Å². The van der Waals surface area contributed by atoms with Crippen molar-refractivity contribution in [2.45, 2.75) is 0 Å². The normalized spacial score (nSPS) is 13.9. The lowest BCUT2D eigenvalue weighted by molar-refractivity contribution is 0.0950. The molecular weight excluding hydrogens is 316 g/mol. The van der Waals surface area contributed by atoms with Crippen molar-refractivity contribution in [2.75, 3.05) is 26.2 Å². The Morgan fingerprint density at radius 2 is 1.92 bits per heavy atom. The minimum atomic E-state index is -0.147. The second-order valence-electron chi connectivity index (χ2n) is 5.69. The second-order valence-corrected chi connectivity index (χ2v) is 5.69. The van der Waals surface area contributed by atoms with Crippen molar-refractivity contribution in [1.82, 2.24) is 15.5 Å². The van der Waals surface area contributed by atoms with Crippen LogP contribution in [0.4, 0.5) is 10.5 Å². The standard InChI is InChI=1S/C19H20N4O2/c24-18(20-10-12-23-13-11-21-19(23)25)16-8-6-15(7-9-16)14-22-17-4-2-1-3-5-17/h1-9,14H,10-13H2,(H,20,24)(H,21,25)/b22-14-. The Bertz CT molecular complexity index is 757. The summed E-state index contributed by atoms with van der Waals surface area (Å²) in [5, 5.41) is 5.56. The monoisotopic (exact) mass is 336 g/mol. The first-order valence-corrected chi connectivity index (χ1v) is 8.22. The van der Waals surface area contributed by atoms with Crippen molar-refractivity contribution in [3.8, 4) is 0 Å². The van der Waals surface area contributed by atoms with E-state index in [4.69, 9.17) is 0 Å². The number of hydrogen-bond donors (Lipinski definition) is 2. The Labute approximate surface area is 146 Å². The van der Waals surface area contributed by atoms with Gasteiger partial charge in [0.1, 0.15) is 0 Å². The average molecular weight is 336 g/mol. The first kappa shape index (κ1) is 16.7. The van der Waals surface area contributed by atoms with Crippen LogP contribution in [-0.2, 0) is 0 Å². The molecule has 1 aliphatic rings. The number of nitrogens with one attached hydrogen (secondary N) is 2. The van der Waals surface area contributed by atoms with E-state index in [9.17, 15) is 9.59 Å². The molecule has 0 saturated carbocycles. The van der Waals surface area contributed by atoms with Gasteiger partial charge in [-0.25, -0.2) is 4.79 Å². The van der Waals surface area contributed by atoms with Crippen LogP contribution in [0.25, 0.3) is 0 Å². The van der Waals surface area contributed by atoms with E-state index >= 15 is 0 Å². The highest BCUT2D eigenvalue weighted by molar-refractivity contribution is 5.95. The van der Waals surface area contributed by atoms with E-state index < -0.39 is 0 Å². The van der Waals surface area contributed by atoms with Crippen LogP contribution in [0, 0.1) is 0 Å². The molecule has 128 valence electrons. The third kappa shape index (κ3) is 4.67. The first-order chi connectivity index (χ1) is 12.2. The first-order valence-electron chi connectivity index (χ1n) is 8.22. The number of carbonyl (C=O) groups excluding carboxylic acids is 2. The molecule has 2 aromatic rings. The quantitative estimate of drug-likeness (QED) is 0.794. The Balaban J connectivity index is 1.50. The number of rotatable bonds is 6. The molecule has 0 aromatic heterocycles. The highest BCUT2D eigenvalue weighted by atomic mass is 16.2. The van der Waals surface area contributed by atoms with Crippen molar-refractivity contribution in [2.24, 2.45) is 4.99 Å². The van der Waals surface area contributed by atoms with Crippen molar-refractivity contribution < 1.29 is 9.59 Å². The molecule has 2 N–H and O–H groups in total. The number of carbonyl (C=O) groups is 2. The fraction of sp³-hybridized carbons (Fsp3) is 0.211. The summed E-state index contributed by atoms with van der Waals surface area (Å²) in [5.41, 5.74) is 2.40. The second kappa shape index (κ2) is 8.10. The smallest absolute Gasteiger partial charge is 0.317 e. The third-order valence-corrected chi connectivity index (χ3v) is 3.90. The predicted octanol–water partition coefficient (Wildman–Crippen LogP) is 2.19. The van der Waals surface area contributed by atoms with E-state index in [2.05, 4.69) is 15.6 Å². The number of benzene rings is 2. The van der Waals surface area contributed by atoms with Gasteiger partial charge in [0.2, 0.25) is 0 Å². The van der Waals surface area contributed by atoms with Crippen LogP contribution in [-0.4, -0.2) is 49.2 Å². The van der Waals surface area contributed by atoms with Crippen LogP contribution in [0.1, 0.15) is 15.9 Å². The molecule has 0 aliphatic carbocycles. The van der Waals surface area contributed by atoms with Crippen molar-refractivity contribution in [3.63, 3.8) is 0 Å². The number of aliphatic imine (C=N–C) groups is 1. The summed E-state index contributed by atoms with van der Waals surface area (Å²) in [6.45, 7) is 2.30. The molecular formula is C19H20N4O2. The average Bonchev–Trinajstić information content (AvgIpc) is 3.06. The number of amides is 3. The van der Waals surface area contributed by atoms with Crippen molar-refractivity contribution >= 4 is 23.8 Å². The summed E-state index contributed by atoms with van der Waals surface area (Å²) >= 11 is 0. The summed E-state index contributed by atoms with van der Waals surface area (Å²) < 4.78 is 0. The van der Waals surface area contributed by atoms with Crippen LogP contribution < -0.4 is 10.6 Å². The summed E-state index contributed by atoms with van der Waals surface area (Å²) in [6.07, 6.45) is 1.77. The SMILES string of the molecule is O=C(NCCN1CCNC1=O)c1ccc(/C=N\c2ccccc2)cc1. The Hall–Kier alpha value is -3.15. The van der Waals surface area contributed by atoms with E-state index in [1.807, 2.05) is 42.5 Å². The largest absolute Gasteiger partial charge is 0.350 e. The van der Waals surface area contributed by atoms with Gasteiger partial charge >= 0.3 is 6.03 Å². The van der Waals surface area contributed by atoms with Gasteiger partial charge in [0, 0.05) is 38.0 Å². The van der Waals surface area contributed by atoms with Crippen LogP contribution in [0.2, 0.25) is 0 Å². The fourth-order valence-corrected chi connectivity index (χ4v) is 2.51. The van der Waals surface area contributed by atoms with Gasteiger partial charge in [-0.05, 0) is 29.8 Å². The molecule has 1 saturated heterocycles. The summed E-state index contributed by atoms with van der Waals surface area (Å²) in [4.78, 5) is 29.6. The summed E-state index contributed by atoms with van der Waals surface area (Å²) in [6, 6.07) is 16.9. The van der Waals surface area contributed by atoms with Gasteiger partial charge in [-0.15, -0.1) is 0 Å². The molecule has 0 radical (unpaired) electrons. The molecule has 0 bridgehead atoms. The Morgan fingerprint density at radius 3 is 2.60 bits per heavy atom. The molecule has 1 aliphatic heterocycles. The zero-order chi connectivity index (χ0) is 17.5. The maximum absolute atomic E-state index is 12.1.